The molecule has 20 heavy (non-hydrogen) atoms. The lowest BCUT2D eigenvalue weighted by atomic mass is 10.1. The second-order valence-corrected chi connectivity index (χ2v) is 5.04. The van der Waals surface area contributed by atoms with Gasteiger partial charge in [0.15, 0.2) is 0 Å². The molecule has 0 aliphatic heterocycles. The number of amides is 1. The number of carbonyl (C=O) groups excluding carboxylic acids is 1. The van der Waals surface area contributed by atoms with Crippen LogP contribution in [0.3, 0.4) is 0 Å². The molecule has 102 valence electrons. The highest BCUT2D eigenvalue weighted by Crippen LogP contribution is 2.18. The molecule has 1 aromatic heterocycles. The zero-order chi connectivity index (χ0) is 14.7. The quantitative estimate of drug-likeness (QED) is 0.903. The number of hydrogen-bond acceptors (Lipinski definition) is 3. The van der Waals surface area contributed by atoms with E-state index in [1.165, 1.54) is 18.5 Å². The van der Waals surface area contributed by atoms with Gasteiger partial charge in [-0.15, -0.1) is 0 Å². The van der Waals surface area contributed by atoms with Crippen LogP contribution in [0, 0.1) is 6.92 Å². The number of carboxylic acids is 1. The minimum Gasteiger partial charge on any atom is -0.478 e. The van der Waals surface area contributed by atoms with E-state index < -0.39 is 5.97 Å². The van der Waals surface area contributed by atoms with E-state index in [1.807, 2.05) is 13.0 Å². The van der Waals surface area contributed by atoms with E-state index >= 15 is 0 Å². The Kier molecular flexibility index (Phi) is 4.14. The number of rotatable bonds is 3. The van der Waals surface area contributed by atoms with E-state index in [1.54, 1.807) is 12.1 Å². The van der Waals surface area contributed by atoms with Crippen LogP contribution in [0.5, 0.6) is 0 Å². The van der Waals surface area contributed by atoms with Gasteiger partial charge in [0, 0.05) is 16.2 Å². The average Bonchev–Trinajstić information content (AvgIpc) is 2.42. The number of aryl methyl sites for hydroxylation is 1. The van der Waals surface area contributed by atoms with Crippen molar-refractivity contribution in [1.82, 2.24) is 4.98 Å². The first-order valence-electron chi connectivity index (χ1n) is 5.73. The summed E-state index contributed by atoms with van der Waals surface area (Å²) < 4.78 is 0.836. The van der Waals surface area contributed by atoms with Crippen LogP contribution in [0.15, 0.2) is 41.1 Å². The minimum absolute atomic E-state index is 0.0212. The normalized spacial score (nSPS) is 10.1. The number of pyridine rings is 1. The molecule has 1 heterocycles. The fraction of sp³-hybridized carbons (Fsp3) is 0.0714. The molecule has 0 aliphatic carbocycles. The number of hydrogen-bond donors (Lipinski definition) is 2. The van der Waals surface area contributed by atoms with Crippen LogP contribution in [0.2, 0.25) is 0 Å². The van der Waals surface area contributed by atoms with Gasteiger partial charge in [0.2, 0.25) is 0 Å². The van der Waals surface area contributed by atoms with Crippen LogP contribution < -0.4 is 5.32 Å². The molecule has 0 spiro atoms. The number of carbonyl (C=O) groups is 2. The molecule has 2 aromatic rings. The lowest BCUT2D eigenvalue weighted by Crippen LogP contribution is -2.12. The van der Waals surface area contributed by atoms with E-state index in [9.17, 15) is 9.59 Å². The molecular formula is C14H11BrN2O3. The summed E-state index contributed by atoms with van der Waals surface area (Å²) in [6, 6.07) is 6.59. The third-order valence-corrected chi connectivity index (χ3v) is 3.53. The fourth-order valence-corrected chi connectivity index (χ4v) is 1.94. The van der Waals surface area contributed by atoms with Gasteiger partial charge in [0.05, 0.1) is 17.4 Å². The molecule has 1 amide bonds. The molecule has 1 aromatic carbocycles. The zero-order valence-electron chi connectivity index (χ0n) is 10.6. The highest BCUT2D eigenvalue weighted by molar-refractivity contribution is 9.10. The Morgan fingerprint density at radius 3 is 2.60 bits per heavy atom. The van der Waals surface area contributed by atoms with E-state index in [0.717, 1.165) is 10.0 Å². The summed E-state index contributed by atoms with van der Waals surface area (Å²) in [4.78, 5) is 26.7. The molecule has 0 unspecified atom stereocenters. The molecule has 2 N–H and O–H groups in total. The van der Waals surface area contributed by atoms with Crippen molar-refractivity contribution in [1.29, 1.82) is 0 Å². The van der Waals surface area contributed by atoms with Crippen molar-refractivity contribution in [3.8, 4) is 0 Å². The summed E-state index contributed by atoms with van der Waals surface area (Å²) in [5.41, 5.74) is 1.86. The first-order valence-corrected chi connectivity index (χ1v) is 6.52. The summed E-state index contributed by atoms with van der Waals surface area (Å²) in [5, 5.41) is 11.5. The lowest BCUT2D eigenvalue weighted by Gasteiger charge is -2.07. The van der Waals surface area contributed by atoms with Gasteiger partial charge in [-0.2, -0.15) is 0 Å². The lowest BCUT2D eigenvalue weighted by molar-refractivity contribution is 0.0696. The second-order valence-electron chi connectivity index (χ2n) is 4.19. The average molecular weight is 335 g/mol. The van der Waals surface area contributed by atoms with Crippen LogP contribution >= 0.6 is 15.9 Å². The van der Waals surface area contributed by atoms with E-state index in [2.05, 4.69) is 26.2 Å². The molecular weight excluding hydrogens is 324 g/mol. The van der Waals surface area contributed by atoms with Crippen LogP contribution in [-0.4, -0.2) is 22.0 Å². The van der Waals surface area contributed by atoms with Crippen molar-refractivity contribution in [2.24, 2.45) is 0 Å². The van der Waals surface area contributed by atoms with E-state index in [-0.39, 0.29) is 11.5 Å². The van der Waals surface area contributed by atoms with Gasteiger partial charge in [-0.05, 0) is 30.7 Å². The molecule has 5 nitrogen and oxygen atoms in total. The van der Waals surface area contributed by atoms with Gasteiger partial charge in [0.25, 0.3) is 5.91 Å². The maximum absolute atomic E-state index is 12.1. The maximum Gasteiger partial charge on any atom is 0.337 e. The first kappa shape index (κ1) is 14.2. The fourth-order valence-electron chi connectivity index (χ4n) is 1.56. The Hall–Kier alpha value is -2.21. The minimum atomic E-state index is -1.09. The van der Waals surface area contributed by atoms with Gasteiger partial charge >= 0.3 is 5.97 Å². The molecule has 0 aliphatic rings. The smallest absolute Gasteiger partial charge is 0.337 e. The highest BCUT2D eigenvalue weighted by atomic mass is 79.9. The summed E-state index contributed by atoms with van der Waals surface area (Å²) in [6.07, 6.45) is 2.62. The number of anilines is 1. The van der Waals surface area contributed by atoms with Gasteiger partial charge in [-0.3, -0.25) is 9.78 Å². The SMILES string of the molecule is Cc1ccc(C(=O)Nc2cncc(C(=O)O)c2)cc1Br. The molecule has 0 radical (unpaired) electrons. The Bertz CT molecular complexity index is 686. The zero-order valence-corrected chi connectivity index (χ0v) is 12.1. The molecule has 6 heteroatoms. The molecule has 0 saturated heterocycles. The van der Waals surface area contributed by atoms with Crippen LogP contribution in [0.1, 0.15) is 26.3 Å². The number of carboxylic acid groups (broad SMARTS) is 1. The Balaban J connectivity index is 2.21. The number of halogens is 1. The second kappa shape index (κ2) is 5.83. The first-order chi connectivity index (χ1) is 9.47. The van der Waals surface area contributed by atoms with Crippen molar-refractivity contribution in [2.45, 2.75) is 6.92 Å². The van der Waals surface area contributed by atoms with Crippen LogP contribution in [0.25, 0.3) is 0 Å². The highest BCUT2D eigenvalue weighted by Gasteiger charge is 2.10. The van der Waals surface area contributed by atoms with Gasteiger partial charge in [0.1, 0.15) is 0 Å². The van der Waals surface area contributed by atoms with Crippen molar-refractivity contribution >= 4 is 33.5 Å². The number of nitrogens with zero attached hydrogens (tertiary/aromatic N) is 1. The van der Waals surface area contributed by atoms with Crippen LogP contribution in [0.4, 0.5) is 5.69 Å². The monoisotopic (exact) mass is 334 g/mol. The summed E-state index contributed by atoms with van der Waals surface area (Å²) in [6.45, 7) is 1.92. The van der Waals surface area contributed by atoms with E-state index in [4.69, 9.17) is 5.11 Å². The van der Waals surface area contributed by atoms with Crippen molar-refractivity contribution in [3.05, 3.63) is 57.8 Å². The molecule has 0 fully saturated rings. The van der Waals surface area contributed by atoms with Crippen molar-refractivity contribution in [3.63, 3.8) is 0 Å². The van der Waals surface area contributed by atoms with E-state index in [0.29, 0.717) is 11.3 Å². The largest absolute Gasteiger partial charge is 0.478 e. The standard InChI is InChI=1S/C14H11BrN2O3/c1-8-2-3-9(5-12(8)15)13(18)17-11-4-10(14(19)20)6-16-7-11/h2-7H,1H3,(H,17,18)(H,19,20). The molecule has 0 bridgehead atoms. The number of aromatic nitrogens is 1. The third kappa shape index (κ3) is 3.21. The summed E-state index contributed by atoms with van der Waals surface area (Å²) >= 11 is 3.36. The topological polar surface area (TPSA) is 79.3 Å². The maximum atomic E-state index is 12.1. The Labute approximate surface area is 123 Å². The number of nitrogens with one attached hydrogen (secondary N) is 1. The van der Waals surface area contributed by atoms with Crippen molar-refractivity contribution < 1.29 is 14.7 Å². The molecule has 2 rings (SSSR count). The number of benzene rings is 1. The van der Waals surface area contributed by atoms with Gasteiger partial charge in [-0.1, -0.05) is 22.0 Å². The number of aromatic carboxylic acids is 1. The summed E-state index contributed by atoms with van der Waals surface area (Å²) in [5.74, 6) is -1.42. The predicted octanol–water partition coefficient (Wildman–Crippen LogP) is 3.10. The van der Waals surface area contributed by atoms with Gasteiger partial charge < -0.3 is 10.4 Å². The van der Waals surface area contributed by atoms with Crippen molar-refractivity contribution in [2.75, 3.05) is 5.32 Å². The third-order valence-electron chi connectivity index (χ3n) is 2.68. The Morgan fingerprint density at radius 2 is 1.95 bits per heavy atom. The molecule has 0 atom stereocenters. The summed E-state index contributed by atoms with van der Waals surface area (Å²) in [7, 11) is 0. The molecule has 0 saturated carbocycles. The Morgan fingerprint density at radius 1 is 1.20 bits per heavy atom. The predicted molar refractivity (Wildman–Crippen MR) is 78.0 cm³/mol. The van der Waals surface area contributed by atoms with Crippen LogP contribution in [-0.2, 0) is 0 Å². The van der Waals surface area contributed by atoms with Gasteiger partial charge in [-0.25, -0.2) is 4.79 Å².